The Morgan fingerprint density at radius 3 is 0.805 bits per heavy atom. The lowest BCUT2D eigenvalue weighted by Crippen LogP contribution is -2.28. The van der Waals surface area contributed by atoms with E-state index in [-0.39, 0.29) is 25.2 Å². The van der Waals surface area contributed by atoms with Gasteiger partial charge in [-0.05, 0) is 77.0 Å². The second-order valence-electron chi connectivity index (χ2n) is 25.0. The molecule has 0 radical (unpaired) electrons. The van der Waals surface area contributed by atoms with Crippen LogP contribution in [0.4, 0.5) is 0 Å². The van der Waals surface area contributed by atoms with E-state index in [0.717, 1.165) is 64.2 Å². The third kappa shape index (κ3) is 70.1. The van der Waals surface area contributed by atoms with Gasteiger partial charge in [-0.3, -0.25) is 9.59 Å². The Hall–Kier alpha value is -2.40. The van der Waals surface area contributed by atoms with Crippen LogP contribution in [0.2, 0.25) is 0 Å². The molecule has 1 atom stereocenters. The van der Waals surface area contributed by atoms with Gasteiger partial charge >= 0.3 is 11.9 Å². The SMILES string of the molecule is CC/C=C\C/C=C\C/C=C\C/C=C\CCCCCCCCCCCCCCCCCCCCCCCCCCCCC(=O)OC(CO)COC(=O)CCCCCCCCCCCCCCCCCCC/C=C\CCCCCCCCCC. The van der Waals surface area contributed by atoms with Gasteiger partial charge in [0.2, 0.25) is 0 Å². The number of carbonyl (C=O) groups excluding carboxylic acids is 2. The summed E-state index contributed by atoms with van der Waals surface area (Å²) in [6.07, 6.45) is 100.0. The number of ether oxygens (including phenoxy) is 2. The highest BCUT2D eigenvalue weighted by molar-refractivity contribution is 5.70. The Bertz CT molecular complexity index is 1390. The highest BCUT2D eigenvalue weighted by Crippen LogP contribution is 2.19. The van der Waals surface area contributed by atoms with Crippen molar-refractivity contribution in [3.05, 3.63) is 60.8 Å². The first-order valence-corrected chi connectivity index (χ1v) is 36.8. The van der Waals surface area contributed by atoms with E-state index in [1.807, 2.05) is 0 Å². The quantitative estimate of drug-likeness (QED) is 0.0373. The zero-order valence-corrected chi connectivity index (χ0v) is 55.3. The molecular formula is C77H142O5. The fourth-order valence-corrected chi connectivity index (χ4v) is 11.3. The molecule has 0 rings (SSSR count). The predicted octanol–water partition coefficient (Wildman–Crippen LogP) is 25.7. The number of rotatable bonds is 69. The van der Waals surface area contributed by atoms with Gasteiger partial charge in [-0.25, -0.2) is 0 Å². The summed E-state index contributed by atoms with van der Waals surface area (Å²) < 4.78 is 10.8. The van der Waals surface area contributed by atoms with Crippen molar-refractivity contribution in [3.63, 3.8) is 0 Å². The lowest BCUT2D eigenvalue weighted by molar-refractivity contribution is -0.161. The largest absolute Gasteiger partial charge is 0.462 e. The van der Waals surface area contributed by atoms with Crippen LogP contribution in [0.15, 0.2) is 60.8 Å². The normalized spacial score (nSPS) is 12.5. The van der Waals surface area contributed by atoms with Gasteiger partial charge in [-0.2, -0.15) is 0 Å². The van der Waals surface area contributed by atoms with E-state index >= 15 is 0 Å². The number of hydrogen-bond donors (Lipinski definition) is 1. The van der Waals surface area contributed by atoms with Crippen LogP contribution >= 0.6 is 0 Å². The second kappa shape index (κ2) is 72.9. The van der Waals surface area contributed by atoms with E-state index in [1.54, 1.807) is 0 Å². The predicted molar refractivity (Wildman–Crippen MR) is 362 cm³/mol. The zero-order chi connectivity index (χ0) is 59.1. The van der Waals surface area contributed by atoms with E-state index in [2.05, 4.69) is 74.6 Å². The maximum absolute atomic E-state index is 12.4. The topological polar surface area (TPSA) is 72.8 Å². The van der Waals surface area contributed by atoms with Crippen LogP contribution in [-0.2, 0) is 19.1 Å². The Labute approximate surface area is 512 Å². The molecule has 0 aliphatic heterocycles. The number of hydrogen-bond acceptors (Lipinski definition) is 5. The minimum absolute atomic E-state index is 0.0598. The minimum Gasteiger partial charge on any atom is -0.462 e. The van der Waals surface area contributed by atoms with E-state index < -0.39 is 6.10 Å². The molecule has 0 saturated heterocycles. The van der Waals surface area contributed by atoms with Gasteiger partial charge in [0, 0.05) is 12.8 Å². The molecular weight excluding hydrogens is 1000 g/mol. The van der Waals surface area contributed by atoms with Crippen molar-refractivity contribution in [3.8, 4) is 0 Å². The van der Waals surface area contributed by atoms with Crippen molar-refractivity contribution >= 4 is 11.9 Å². The van der Waals surface area contributed by atoms with Gasteiger partial charge in [0.1, 0.15) is 6.61 Å². The van der Waals surface area contributed by atoms with Crippen molar-refractivity contribution in [2.45, 2.75) is 405 Å². The number of allylic oxidation sites excluding steroid dienone is 10. The summed E-state index contributed by atoms with van der Waals surface area (Å²) in [6.45, 7) is 4.09. The molecule has 5 heteroatoms. The standard InChI is InChI=1S/C77H142O5/c1-3-5-7-9-11-13-15-17-19-21-23-25-27-29-31-33-34-35-36-37-38-39-40-41-42-44-46-48-50-52-54-56-58-60-62-64-66-68-70-72-77(80)82-75(73-78)74-81-76(79)71-69-67-65-63-61-59-57-55-53-51-49-47-45-43-32-30-28-26-24-22-20-18-16-14-12-10-8-6-4-2/h5,7,11,13,17,19,22-25,75,78H,3-4,6,8-10,12,14-16,18,20-21,26-74H2,1-2H3/b7-5-,13-11-,19-17-,24-22-,25-23-. The van der Waals surface area contributed by atoms with Gasteiger partial charge in [0.05, 0.1) is 6.61 Å². The molecule has 0 bridgehead atoms. The van der Waals surface area contributed by atoms with Crippen LogP contribution in [0.5, 0.6) is 0 Å². The Morgan fingerprint density at radius 1 is 0.293 bits per heavy atom. The molecule has 0 saturated carbocycles. The van der Waals surface area contributed by atoms with Gasteiger partial charge in [-0.15, -0.1) is 0 Å². The van der Waals surface area contributed by atoms with E-state index in [9.17, 15) is 14.7 Å². The molecule has 82 heavy (non-hydrogen) atoms. The summed E-state index contributed by atoms with van der Waals surface area (Å²) in [7, 11) is 0. The van der Waals surface area contributed by atoms with Gasteiger partial charge in [0.15, 0.2) is 6.10 Å². The first-order valence-electron chi connectivity index (χ1n) is 36.8. The molecule has 0 fully saturated rings. The molecule has 5 nitrogen and oxygen atoms in total. The fourth-order valence-electron chi connectivity index (χ4n) is 11.3. The van der Waals surface area contributed by atoms with Crippen molar-refractivity contribution in [2.24, 2.45) is 0 Å². The van der Waals surface area contributed by atoms with Crippen molar-refractivity contribution in [2.75, 3.05) is 13.2 Å². The molecule has 1 N–H and O–H groups in total. The Balaban J connectivity index is 3.38. The number of esters is 2. The van der Waals surface area contributed by atoms with Crippen LogP contribution in [-0.4, -0.2) is 36.4 Å². The highest BCUT2D eigenvalue weighted by atomic mass is 16.6. The number of unbranched alkanes of at least 4 members (excludes halogenated alkanes) is 51. The van der Waals surface area contributed by atoms with E-state index in [1.165, 1.54) is 308 Å². The average molecular weight is 1150 g/mol. The number of aliphatic hydroxyl groups is 1. The van der Waals surface area contributed by atoms with Crippen LogP contribution in [0, 0.1) is 0 Å². The molecule has 0 amide bonds. The van der Waals surface area contributed by atoms with Crippen LogP contribution < -0.4 is 0 Å². The molecule has 0 heterocycles. The first kappa shape index (κ1) is 79.6. The van der Waals surface area contributed by atoms with Crippen molar-refractivity contribution in [1.82, 2.24) is 0 Å². The molecule has 0 aliphatic rings. The lowest BCUT2D eigenvalue weighted by atomic mass is 10.0. The van der Waals surface area contributed by atoms with Crippen LogP contribution in [0.3, 0.4) is 0 Å². The Kier molecular flexibility index (Phi) is 70.7. The van der Waals surface area contributed by atoms with Gasteiger partial charge in [-0.1, -0.05) is 370 Å². The van der Waals surface area contributed by atoms with E-state index in [0.29, 0.717) is 12.8 Å². The third-order valence-corrected chi connectivity index (χ3v) is 16.8. The monoisotopic (exact) mass is 1150 g/mol. The first-order chi connectivity index (χ1) is 40.6. The third-order valence-electron chi connectivity index (χ3n) is 16.8. The summed E-state index contributed by atoms with van der Waals surface area (Å²) in [5.41, 5.74) is 0. The summed E-state index contributed by atoms with van der Waals surface area (Å²) in [5, 5.41) is 9.71. The van der Waals surface area contributed by atoms with Gasteiger partial charge in [0.25, 0.3) is 0 Å². The van der Waals surface area contributed by atoms with Crippen molar-refractivity contribution in [1.29, 1.82) is 0 Å². The molecule has 0 aliphatic carbocycles. The Morgan fingerprint density at radius 2 is 0.524 bits per heavy atom. The zero-order valence-electron chi connectivity index (χ0n) is 55.3. The summed E-state index contributed by atoms with van der Waals surface area (Å²) in [4.78, 5) is 24.7. The average Bonchev–Trinajstić information content (AvgIpc) is 3.49. The molecule has 480 valence electrons. The molecule has 0 aromatic rings. The second-order valence-corrected chi connectivity index (χ2v) is 25.0. The molecule has 0 aromatic carbocycles. The summed E-state index contributed by atoms with van der Waals surface area (Å²) >= 11 is 0. The number of carbonyl (C=O) groups is 2. The maximum atomic E-state index is 12.4. The van der Waals surface area contributed by atoms with Gasteiger partial charge < -0.3 is 14.6 Å². The van der Waals surface area contributed by atoms with E-state index in [4.69, 9.17) is 9.47 Å². The number of aliphatic hydroxyl groups excluding tert-OH is 1. The summed E-state index contributed by atoms with van der Waals surface area (Å²) in [6, 6.07) is 0. The fraction of sp³-hybridized carbons (Fsp3) is 0.844. The van der Waals surface area contributed by atoms with Crippen LogP contribution in [0.1, 0.15) is 399 Å². The minimum atomic E-state index is -0.771. The highest BCUT2D eigenvalue weighted by Gasteiger charge is 2.16. The van der Waals surface area contributed by atoms with Crippen LogP contribution in [0.25, 0.3) is 0 Å². The molecule has 1 unspecified atom stereocenters. The molecule has 0 aromatic heterocycles. The molecule has 0 spiro atoms. The van der Waals surface area contributed by atoms with Crippen molar-refractivity contribution < 1.29 is 24.2 Å². The smallest absolute Gasteiger partial charge is 0.306 e. The lowest BCUT2D eigenvalue weighted by Gasteiger charge is -2.15. The maximum Gasteiger partial charge on any atom is 0.306 e. The summed E-state index contributed by atoms with van der Waals surface area (Å²) in [5.74, 6) is -0.566.